The highest BCUT2D eigenvalue weighted by Gasteiger charge is 2.21. The summed E-state index contributed by atoms with van der Waals surface area (Å²) in [5, 5.41) is 5.36. The van der Waals surface area contributed by atoms with Crippen LogP contribution in [0, 0.1) is 0 Å². The second-order valence-corrected chi connectivity index (χ2v) is 9.24. The van der Waals surface area contributed by atoms with Crippen LogP contribution < -0.4 is 5.32 Å². The highest BCUT2D eigenvalue weighted by atomic mass is 32.2. The van der Waals surface area contributed by atoms with Gasteiger partial charge in [0.25, 0.3) is 5.91 Å². The van der Waals surface area contributed by atoms with Crippen LogP contribution in [0.5, 0.6) is 0 Å². The van der Waals surface area contributed by atoms with Gasteiger partial charge in [0, 0.05) is 41.2 Å². The molecule has 1 amide bonds. The maximum atomic E-state index is 12.8. The number of rotatable bonds is 7. The number of carbonyl (C=O) groups is 1. The summed E-state index contributed by atoms with van der Waals surface area (Å²) in [4.78, 5) is 17.7. The van der Waals surface area contributed by atoms with Crippen molar-refractivity contribution < 1.29 is 4.79 Å². The number of piperidine rings is 1. The van der Waals surface area contributed by atoms with E-state index in [1.54, 1.807) is 23.1 Å². The van der Waals surface area contributed by atoms with Gasteiger partial charge in [-0.1, -0.05) is 29.8 Å². The second kappa shape index (κ2) is 10.1. The molecule has 0 unspecified atom stereocenters. The Morgan fingerprint density at radius 2 is 2.00 bits per heavy atom. The van der Waals surface area contributed by atoms with Gasteiger partial charge in [0.05, 0.1) is 5.56 Å². The first kappa shape index (κ1) is 20.2. The van der Waals surface area contributed by atoms with Crippen molar-refractivity contribution in [3.05, 3.63) is 63.9 Å². The van der Waals surface area contributed by atoms with Crippen molar-refractivity contribution in [2.24, 2.45) is 0 Å². The van der Waals surface area contributed by atoms with E-state index >= 15 is 0 Å². The third-order valence-electron chi connectivity index (χ3n) is 4.76. The molecule has 0 spiro atoms. The molecular formula is C22H28N2OS2. The average Bonchev–Trinajstić information content (AvgIpc) is 3.19. The number of nitrogens with zero attached hydrogens (tertiary/aromatic N) is 1. The SMILES string of the molecule is CC(C)=CCN1CCC(NC(=O)c2ccccc2SCc2cccs2)CC1. The van der Waals surface area contributed by atoms with Gasteiger partial charge in [-0.3, -0.25) is 9.69 Å². The molecule has 1 aliphatic heterocycles. The summed E-state index contributed by atoms with van der Waals surface area (Å²) in [5.74, 6) is 0.970. The first-order valence-electron chi connectivity index (χ1n) is 9.52. The van der Waals surface area contributed by atoms with Crippen molar-refractivity contribution in [3.63, 3.8) is 0 Å². The van der Waals surface area contributed by atoms with Gasteiger partial charge in [-0.2, -0.15) is 0 Å². The molecule has 5 heteroatoms. The molecule has 0 atom stereocenters. The van der Waals surface area contributed by atoms with Crippen LogP contribution in [-0.2, 0) is 5.75 Å². The van der Waals surface area contributed by atoms with Crippen molar-refractivity contribution >= 4 is 29.0 Å². The van der Waals surface area contributed by atoms with E-state index in [-0.39, 0.29) is 11.9 Å². The van der Waals surface area contributed by atoms with Gasteiger partial charge < -0.3 is 5.32 Å². The van der Waals surface area contributed by atoms with Crippen LogP contribution in [0.25, 0.3) is 0 Å². The number of thioether (sulfide) groups is 1. The highest BCUT2D eigenvalue weighted by Crippen LogP contribution is 2.28. The molecule has 1 saturated heterocycles. The predicted octanol–water partition coefficient (Wildman–Crippen LogP) is 5.20. The Kier molecular flexibility index (Phi) is 7.56. The molecule has 0 radical (unpaired) electrons. The van der Waals surface area contributed by atoms with E-state index in [0.29, 0.717) is 0 Å². The van der Waals surface area contributed by atoms with Gasteiger partial charge in [-0.15, -0.1) is 23.1 Å². The Balaban J connectivity index is 1.53. The fraction of sp³-hybridized carbons (Fsp3) is 0.409. The van der Waals surface area contributed by atoms with E-state index < -0.39 is 0 Å². The van der Waals surface area contributed by atoms with Gasteiger partial charge in [-0.25, -0.2) is 0 Å². The molecule has 3 rings (SSSR count). The largest absolute Gasteiger partial charge is 0.349 e. The molecule has 27 heavy (non-hydrogen) atoms. The molecule has 2 heterocycles. The smallest absolute Gasteiger partial charge is 0.252 e. The summed E-state index contributed by atoms with van der Waals surface area (Å²) in [6.07, 6.45) is 4.32. The topological polar surface area (TPSA) is 32.3 Å². The fourth-order valence-electron chi connectivity index (χ4n) is 3.16. The molecule has 144 valence electrons. The van der Waals surface area contributed by atoms with Crippen LogP contribution >= 0.6 is 23.1 Å². The maximum Gasteiger partial charge on any atom is 0.252 e. The third kappa shape index (κ3) is 6.23. The molecule has 1 fully saturated rings. The normalized spacial score (nSPS) is 15.5. The highest BCUT2D eigenvalue weighted by molar-refractivity contribution is 7.98. The van der Waals surface area contributed by atoms with Gasteiger partial charge in [-0.05, 0) is 50.3 Å². The Bertz CT molecular complexity index is 758. The zero-order valence-corrected chi connectivity index (χ0v) is 17.7. The van der Waals surface area contributed by atoms with Crippen molar-refractivity contribution in [3.8, 4) is 0 Å². The summed E-state index contributed by atoms with van der Waals surface area (Å²) in [7, 11) is 0. The van der Waals surface area contributed by atoms with Gasteiger partial charge in [0.2, 0.25) is 0 Å². The third-order valence-corrected chi connectivity index (χ3v) is 6.94. The average molecular weight is 401 g/mol. The summed E-state index contributed by atoms with van der Waals surface area (Å²) in [6.45, 7) is 7.39. The molecule has 1 aromatic carbocycles. The number of hydrogen-bond acceptors (Lipinski definition) is 4. The lowest BCUT2D eigenvalue weighted by atomic mass is 10.0. The Labute approximate surface area is 170 Å². The van der Waals surface area contributed by atoms with E-state index in [1.165, 1.54) is 10.5 Å². The molecule has 0 saturated carbocycles. The van der Waals surface area contributed by atoms with E-state index in [2.05, 4.69) is 53.7 Å². The Morgan fingerprint density at radius 1 is 1.22 bits per heavy atom. The summed E-state index contributed by atoms with van der Waals surface area (Å²) in [5.41, 5.74) is 2.16. The molecule has 0 bridgehead atoms. The number of nitrogens with one attached hydrogen (secondary N) is 1. The number of hydrogen-bond donors (Lipinski definition) is 1. The van der Waals surface area contributed by atoms with E-state index in [4.69, 9.17) is 0 Å². The van der Waals surface area contributed by atoms with Crippen molar-refractivity contribution in [2.45, 2.75) is 43.4 Å². The molecule has 3 nitrogen and oxygen atoms in total. The zero-order valence-electron chi connectivity index (χ0n) is 16.1. The number of amides is 1. The van der Waals surface area contributed by atoms with E-state index in [0.717, 1.165) is 48.7 Å². The Hall–Kier alpha value is -1.56. The van der Waals surface area contributed by atoms with Crippen LogP contribution in [0.15, 0.2) is 58.3 Å². The lowest BCUT2D eigenvalue weighted by Gasteiger charge is -2.31. The molecule has 1 N–H and O–H groups in total. The minimum atomic E-state index is 0.0621. The van der Waals surface area contributed by atoms with Crippen LogP contribution in [-0.4, -0.2) is 36.5 Å². The number of benzene rings is 1. The summed E-state index contributed by atoms with van der Waals surface area (Å²) >= 11 is 3.50. The lowest BCUT2D eigenvalue weighted by molar-refractivity contribution is 0.0911. The first-order chi connectivity index (χ1) is 13.1. The van der Waals surface area contributed by atoms with Crippen LogP contribution in [0.4, 0.5) is 0 Å². The van der Waals surface area contributed by atoms with Gasteiger partial charge >= 0.3 is 0 Å². The van der Waals surface area contributed by atoms with Gasteiger partial charge in [0.1, 0.15) is 0 Å². The molecule has 1 aliphatic rings. The van der Waals surface area contributed by atoms with Crippen molar-refractivity contribution in [2.75, 3.05) is 19.6 Å². The summed E-state index contributed by atoms with van der Waals surface area (Å²) < 4.78 is 0. The van der Waals surface area contributed by atoms with Gasteiger partial charge in [0.15, 0.2) is 0 Å². The number of likely N-dealkylation sites (tertiary alicyclic amines) is 1. The van der Waals surface area contributed by atoms with Crippen molar-refractivity contribution in [1.29, 1.82) is 0 Å². The lowest BCUT2D eigenvalue weighted by Crippen LogP contribution is -2.44. The van der Waals surface area contributed by atoms with Crippen LogP contribution in [0.2, 0.25) is 0 Å². The summed E-state index contributed by atoms with van der Waals surface area (Å²) in [6, 6.07) is 12.4. The molecule has 0 aliphatic carbocycles. The first-order valence-corrected chi connectivity index (χ1v) is 11.4. The number of carbonyl (C=O) groups excluding carboxylic acids is 1. The minimum absolute atomic E-state index is 0.0621. The number of thiophene rings is 1. The predicted molar refractivity (Wildman–Crippen MR) is 117 cm³/mol. The molecule has 1 aromatic heterocycles. The number of allylic oxidation sites excluding steroid dienone is 1. The monoisotopic (exact) mass is 400 g/mol. The maximum absolute atomic E-state index is 12.8. The fourth-order valence-corrected chi connectivity index (χ4v) is 4.98. The van der Waals surface area contributed by atoms with Crippen LogP contribution in [0.3, 0.4) is 0 Å². The van der Waals surface area contributed by atoms with Crippen molar-refractivity contribution in [1.82, 2.24) is 10.2 Å². The van der Waals surface area contributed by atoms with E-state index in [9.17, 15) is 4.79 Å². The quantitative estimate of drug-likeness (QED) is 0.512. The molecular weight excluding hydrogens is 372 g/mol. The van der Waals surface area contributed by atoms with E-state index in [1.807, 2.05) is 18.2 Å². The van der Waals surface area contributed by atoms with Crippen LogP contribution in [0.1, 0.15) is 41.9 Å². The minimum Gasteiger partial charge on any atom is -0.349 e. The second-order valence-electron chi connectivity index (χ2n) is 7.19. The Morgan fingerprint density at radius 3 is 2.70 bits per heavy atom. The molecule has 2 aromatic rings. The standard InChI is InChI=1S/C22H28N2OS2/c1-17(2)9-12-24-13-10-18(11-14-24)23-22(25)20-7-3-4-8-21(20)27-16-19-6-5-15-26-19/h3-9,15,18H,10-14,16H2,1-2H3,(H,23,25). The zero-order chi connectivity index (χ0) is 19.1.